The van der Waals surface area contributed by atoms with Crippen molar-refractivity contribution in [2.75, 3.05) is 0 Å². The van der Waals surface area contributed by atoms with E-state index < -0.39 is 104 Å². The number of ketones is 4. The summed E-state index contributed by atoms with van der Waals surface area (Å²) in [7, 11) is 0. The number of benzene rings is 4. The first kappa shape index (κ1) is 36.2. The van der Waals surface area contributed by atoms with Crippen molar-refractivity contribution in [2.45, 2.75) is 27.7 Å². The van der Waals surface area contributed by atoms with Crippen molar-refractivity contribution in [1.82, 2.24) is 0 Å². The van der Waals surface area contributed by atoms with Crippen LogP contribution < -0.4 is 18.9 Å². The molecule has 0 heterocycles. The summed E-state index contributed by atoms with van der Waals surface area (Å²) in [5.74, 6) is -11.2. The summed E-state index contributed by atoms with van der Waals surface area (Å²) in [6.07, 6.45) is 0. The number of rotatable bonds is 6. The van der Waals surface area contributed by atoms with Crippen LogP contribution in [0.25, 0.3) is 0 Å². The molecule has 0 aromatic heterocycles. The molecular weight excluding hydrogens is 712 g/mol. The third-order valence-corrected chi connectivity index (χ3v) is 7.82. The Morgan fingerprint density at radius 2 is 0.704 bits per heavy atom. The van der Waals surface area contributed by atoms with Gasteiger partial charge in [0, 0.05) is 49.9 Å². The van der Waals surface area contributed by atoms with Crippen LogP contribution in [-0.4, -0.2) is 58.9 Å². The number of carbonyl (C=O) groups excluding carboxylic acids is 10. The van der Waals surface area contributed by atoms with Gasteiger partial charge in [0.15, 0.2) is 11.6 Å². The van der Waals surface area contributed by atoms with Crippen LogP contribution in [0.5, 0.6) is 23.0 Å². The van der Waals surface area contributed by atoms with Crippen LogP contribution in [-0.2, 0) is 29.0 Å². The number of hydrogen-bond acceptors (Lipinski definition) is 16. The number of carbonyl (C=O) groups is 10. The van der Waals surface area contributed by atoms with E-state index >= 15 is 0 Å². The predicted molar refractivity (Wildman–Crippen MR) is 176 cm³/mol. The third kappa shape index (κ3) is 6.50. The summed E-state index contributed by atoms with van der Waals surface area (Å²) in [5, 5.41) is 0. The molecule has 6 rings (SSSR count). The van der Waals surface area contributed by atoms with Crippen LogP contribution in [0.3, 0.4) is 0 Å². The maximum absolute atomic E-state index is 13.7. The summed E-state index contributed by atoms with van der Waals surface area (Å²) in [6.45, 7) is 4.16. The smallest absolute Gasteiger partial charge is 0.386 e. The molecule has 0 N–H and O–H groups in total. The zero-order valence-corrected chi connectivity index (χ0v) is 28.3. The van der Waals surface area contributed by atoms with Gasteiger partial charge in [-0.3, -0.25) is 38.4 Å². The fourth-order valence-corrected chi connectivity index (χ4v) is 5.86. The Morgan fingerprint density at radius 3 is 1.04 bits per heavy atom. The SMILES string of the molecule is CC(=O)Oc1cccc2c1C(=O)c1c(OC(C)=O)cc(C(=O)OOC(=O)c3cc(OC(C)=O)c4c(c3)C(=O)c3cccc(OC(C)=O)c3C4=O)cc1C2=O. The standard InChI is InChI=1S/C38H22O16/c1-15(39)49-25-9-5-7-21-29(25)35(45)31-23(33(21)43)11-19(13-27(31)51-17(3)41)37(47)53-54-38(48)20-12-24-32(28(14-20)52-18(4)42)36(46)30-22(34(24)44)8-6-10-26(30)50-16(2)40/h5-14H,1-4H3. The van der Waals surface area contributed by atoms with Crippen LogP contribution in [0.2, 0.25) is 0 Å². The number of esters is 4. The van der Waals surface area contributed by atoms with Gasteiger partial charge >= 0.3 is 35.8 Å². The molecule has 270 valence electrons. The van der Waals surface area contributed by atoms with Crippen molar-refractivity contribution >= 4 is 58.9 Å². The lowest BCUT2D eigenvalue weighted by atomic mass is 9.82. The Labute approximate surface area is 302 Å². The lowest BCUT2D eigenvalue weighted by molar-refractivity contribution is -0.187. The second kappa shape index (κ2) is 13.8. The van der Waals surface area contributed by atoms with Crippen molar-refractivity contribution in [3.05, 3.63) is 116 Å². The first-order valence-electron chi connectivity index (χ1n) is 15.5. The van der Waals surface area contributed by atoms with Crippen molar-refractivity contribution in [2.24, 2.45) is 0 Å². The van der Waals surface area contributed by atoms with Crippen LogP contribution in [0, 0.1) is 0 Å². The lowest BCUT2D eigenvalue weighted by Gasteiger charge is -2.22. The average molecular weight is 735 g/mol. The fraction of sp³-hybridized carbons (Fsp3) is 0.105. The highest BCUT2D eigenvalue weighted by atomic mass is 17.2. The van der Waals surface area contributed by atoms with E-state index in [0.717, 1.165) is 52.0 Å². The van der Waals surface area contributed by atoms with E-state index in [9.17, 15) is 47.9 Å². The van der Waals surface area contributed by atoms with Gasteiger partial charge in [-0.15, -0.1) is 0 Å². The molecule has 54 heavy (non-hydrogen) atoms. The normalized spacial score (nSPS) is 12.3. The summed E-state index contributed by atoms with van der Waals surface area (Å²) in [5.41, 5.74) is -3.64. The molecule has 0 amide bonds. The molecular formula is C38H22O16. The van der Waals surface area contributed by atoms with E-state index in [1.54, 1.807) is 0 Å². The van der Waals surface area contributed by atoms with Crippen LogP contribution in [0.4, 0.5) is 0 Å². The third-order valence-electron chi connectivity index (χ3n) is 7.82. The zero-order chi connectivity index (χ0) is 39.2. The highest BCUT2D eigenvalue weighted by molar-refractivity contribution is 6.32. The summed E-state index contributed by atoms with van der Waals surface area (Å²) >= 11 is 0. The highest BCUT2D eigenvalue weighted by Crippen LogP contribution is 2.40. The Kier molecular flexibility index (Phi) is 9.27. The van der Waals surface area contributed by atoms with Crippen molar-refractivity contribution in [1.29, 1.82) is 0 Å². The minimum atomic E-state index is -1.42. The first-order chi connectivity index (χ1) is 25.6. The summed E-state index contributed by atoms with van der Waals surface area (Å²) in [4.78, 5) is 138. The molecule has 0 unspecified atom stereocenters. The Balaban J connectivity index is 1.32. The minimum absolute atomic E-state index is 0.189. The number of hydrogen-bond donors (Lipinski definition) is 0. The Bertz CT molecular complexity index is 2300. The molecule has 0 saturated carbocycles. The van der Waals surface area contributed by atoms with Crippen LogP contribution in [0.15, 0.2) is 60.7 Å². The molecule has 0 spiro atoms. The second-order valence-electron chi connectivity index (χ2n) is 11.6. The molecule has 0 bridgehead atoms. The van der Waals surface area contributed by atoms with Gasteiger partial charge in [0.2, 0.25) is 11.6 Å². The summed E-state index contributed by atoms with van der Waals surface area (Å²) < 4.78 is 20.5. The number of fused-ring (bicyclic) bond motifs is 4. The largest absolute Gasteiger partial charge is 0.426 e. The van der Waals surface area contributed by atoms with Gasteiger partial charge in [-0.1, -0.05) is 24.3 Å². The molecule has 4 aromatic rings. The van der Waals surface area contributed by atoms with E-state index in [1.165, 1.54) is 36.4 Å². The maximum atomic E-state index is 13.7. The van der Waals surface area contributed by atoms with Gasteiger partial charge in [-0.05, 0) is 36.4 Å². The maximum Gasteiger partial charge on any atom is 0.386 e. The molecule has 16 nitrogen and oxygen atoms in total. The predicted octanol–water partition coefficient (Wildman–Crippen LogP) is 3.87. The van der Waals surface area contributed by atoms with Crippen molar-refractivity contribution in [3.8, 4) is 23.0 Å². The van der Waals surface area contributed by atoms with Crippen molar-refractivity contribution < 1.29 is 76.7 Å². The monoisotopic (exact) mass is 734 g/mol. The van der Waals surface area contributed by atoms with Crippen LogP contribution >= 0.6 is 0 Å². The average Bonchev–Trinajstić information content (AvgIpc) is 3.10. The Hall–Kier alpha value is -7.62. The molecule has 0 radical (unpaired) electrons. The second-order valence-corrected chi connectivity index (χ2v) is 11.6. The fourth-order valence-electron chi connectivity index (χ4n) is 5.86. The topological polar surface area (TPSA) is 226 Å². The zero-order valence-electron chi connectivity index (χ0n) is 28.3. The van der Waals surface area contributed by atoms with E-state index in [-0.39, 0.29) is 33.8 Å². The highest BCUT2D eigenvalue weighted by Gasteiger charge is 2.39. The molecule has 16 heteroatoms. The van der Waals surface area contributed by atoms with E-state index in [1.807, 2.05) is 0 Å². The van der Waals surface area contributed by atoms with Gasteiger partial charge in [-0.25, -0.2) is 19.4 Å². The van der Waals surface area contributed by atoms with Gasteiger partial charge in [0.25, 0.3) is 0 Å². The van der Waals surface area contributed by atoms with E-state index in [4.69, 9.17) is 28.7 Å². The van der Waals surface area contributed by atoms with Crippen LogP contribution in [0.1, 0.15) is 112 Å². The van der Waals surface area contributed by atoms with E-state index in [2.05, 4.69) is 0 Å². The molecule has 2 aliphatic rings. The van der Waals surface area contributed by atoms with Gasteiger partial charge in [0.05, 0.1) is 33.4 Å². The molecule has 0 fully saturated rings. The molecule has 0 atom stereocenters. The molecule has 2 aliphatic carbocycles. The van der Waals surface area contributed by atoms with Gasteiger partial charge < -0.3 is 18.9 Å². The molecule has 4 aromatic carbocycles. The van der Waals surface area contributed by atoms with Gasteiger partial charge in [0.1, 0.15) is 23.0 Å². The quantitative estimate of drug-likeness (QED) is 0.102. The minimum Gasteiger partial charge on any atom is -0.426 e. The molecule has 0 aliphatic heterocycles. The molecule has 0 saturated heterocycles. The van der Waals surface area contributed by atoms with Gasteiger partial charge in [-0.2, -0.15) is 0 Å². The Morgan fingerprint density at radius 1 is 0.389 bits per heavy atom. The number of ether oxygens (including phenoxy) is 4. The van der Waals surface area contributed by atoms with Crippen molar-refractivity contribution in [3.63, 3.8) is 0 Å². The first-order valence-corrected chi connectivity index (χ1v) is 15.5. The van der Waals surface area contributed by atoms with E-state index in [0.29, 0.717) is 0 Å². The summed E-state index contributed by atoms with van der Waals surface area (Å²) in [6, 6.07) is 11.5. The lowest BCUT2D eigenvalue weighted by Crippen LogP contribution is -2.25.